The van der Waals surface area contributed by atoms with Gasteiger partial charge in [-0.3, -0.25) is 0 Å². The van der Waals surface area contributed by atoms with E-state index in [-0.39, 0.29) is 0 Å². The summed E-state index contributed by atoms with van der Waals surface area (Å²) in [4.78, 5) is 0. The molecule has 0 atom stereocenters. The molecule has 0 unspecified atom stereocenters. The predicted octanol–water partition coefficient (Wildman–Crippen LogP) is 13.5. The fourth-order valence-electron chi connectivity index (χ4n) is 3.77. The van der Waals surface area contributed by atoms with E-state index in [1.165, 1.54) is 44.5 Å². The first kappa shape index (κ1) is 45.1. The van der Waals surface area contributed by atoms with E-state index < -0.39 is 0 Å². The Balaban J connectivity index is -0.000000216. The minimum absolute atomic E-state index is 0.833. The number of allylic oxidation sites excluding steroid dienone is 4. The van der Waals surface area contributed by atoms with Crippen molar-refractivity contribution in [3.8, 4) is 0 Å². The highest BCUT2D eigenvalue weighted by molar-refractivity contribution is 6.54. The molecule has 0 radical (unpaired) electrons. The summed E-state index contributed by atoms with van der Waals surface area (Å²) in [6.45, 7) is 39.4. The van der Waals surface area contributed by atoms with Crippen LogP contribution in [-0.4, -0.2) is 13.4 Å². The molecule has 0 bridgehead atoms. The van der Waals surface area contributed by atoms with Crippen molar-refractivity contribution in [1.29, 1.82) is 0 Å². The molecule has 0 nitrogen and oxygen atoms in total. The lowest BCUT2D eigenvalue weighted by atomic mass is 9.58. The second-order valence-corrected chi connectivity index (χ2v) is 10.4. The van der Waals surface area contributed by atoms with Gasteiger partial charge in [-0.15, -0.1) is 0 Å². The van der Waals surface area contributed by atoms with Crippen molar-refractivity contribution >= 4 is 24.6 Å². The fourth-order valence-corrected chi connectivity index (χ4v) is 3.77. The number of hydrogen-bond donors (Lipinski definition) is 0. The van der Waals surface area contributed by atoms with Crippen molar-refractivity contribution in [1.82, 2.24) is 0 Å². The molecule has 2 aromatic rings. The average Bonchev–Trinajstić information content (AvgIpc) is 3.55. The quantitative estimate of drug-likeness (QED) is 0.328. The summed E-state index contributed by atoms with van der Waals surface area (Å²) in [7, 11) is 0. The Morgan fingerprint density at radius 3 is 0.975 bits per heavy atom. The molecule has 2 aliphatic carbocycles. The molecule has 0 aromatic heterocycles. The zero-order chi connectivity index (χ0) is 32.3. The summed E-state index contributed by atoms with van der Waals surface area (Å²) in [5, 5.41) is 0. The molecule has 0 N–H and O–H groups in total. The second-order valence-electron chi connectivity index (χ2n) is 10.4. The van der Waals surface area contributed by atoms with Gasteiger partial charge in [-0.2, -0.15) is 0 Å². The van der Waals surface area contributed by atoms with Crippen LogP contribution in [0.4, 0.5) is 0 Å². The van der Waals surface area contributed by atoms with Crippen LogP contribution in [-0.2, 0) is 12.8 Å². The van der Waals surface area contributed by atoms with Crippen LogP contribution in [0.3, 0.4) is 0 Å². The molecule has 0 fully saturated rings. The van der Waals surface area contributed by atoms with Crippen molar-refractivity contribution in [3.63, 3.8) is 0 Å². The molecule has 0 saturated heterocycles. The maximum atomic E-state index is 2.35. The lowest BCUT2D eigenvalue weighted by molar-refractivity contribution is 1.24. The lowest BCUT2D eigenvalue weighted by Crippen LogP contribution is -1.84. The largest absolute Gasteiger partial charge is 0.130 e. The number of benzene rings is 2. The van der Waals surface area contributed by atoms with Crippen molar-refractivity contribution in [2.45, 2.75) is 150 Å². The highest BCUT2D eigenvalue weighted by Crippen LogP contribution is 2.30. The maximum Gasteiger partial charge on any atom is 0.130 e. The number of rotatable bonds is 2. The predicted molar refractivity (Wildman–Crippen MR) is 198 cm³/mol. The Kier molecular flexibility index (Phi) is 33.8. The summed E-state index contributed by atoms with van der Waals surface area (Å²) in [6.07, 6.45) is 9.31. The minimum atomic E-state index is 0.833. The minimum Gasteiger partial charge on any atom is -0.0865 e. The highest BCUT2D eigenvalue weighted by Gasteiger charge is 2.12. The first-order valence-corrected chi connectivity index (χ1v) is 16.7. The smallest absolute Gasteiger partial charge is 0.0865 e. The molecule has 2 heteroatoms. The van der Waals surface area contributed by atoms with E-state index in [4.69, 9.17) is 0 Å². The normalized spacial score (nSPS) is 10.6. The van der Waals surface area contributed by atoms with Gasteiger partial charge in [-0.05, 0) is 72.9 Å². The Morgan fingerprint density at radius 1 is 0.500 bits per heavy atom. The average molecular weight is 549 g/mol. The van der Waals surface area contributed by atoms with E-state index in [1.807, 2.05) is 55.4 Å². The van der Waals surface area contributed by atoms with Gasteiger partial charge < -0.3 is 0 Å². The molecule has 0 amide bonds. The first-order chi connectivity index (χ1) is 19.1. The molecular weight excluding hydrogens is 478 g/mol. The van der Waals surface area contributed by atoms with E-state index in [0.717, 1.165) is 39.1 Å². The summed E-state index contributed by atoms with van der Waals surface area (Å²) >= 11 is 0. The van der Waals surface area contributed by atoms with Crippen LogP contribution >= 0.6 is 0 Å². The summed E-state index contributed by atoms with van der Waals surface area (Å²) in [6, 6.07) is 13.5. The Bertz CT molecular complexity index is 821. The van der Waals surface area contributed by atoms with E-state index in [0.29, 0.717) is 0 Å². The number of fused-ring (bicyclic) bond motifs is 2. The van der Waals surface area contributed by atoms with Crippen LogP contribution < -0.4 is 0 Å². The first-order valence-electron chi connectivity index (χ1n) is 16.7. The van der Waals surface area contributed by atoms with E-state index >= 15 is 0 Å². The van der Waals surface area contributed by atoms with E-state index in [1.54, 1.807) is 0 Å². The molecule has 2 aliphatic rings. The zero-order valence-electron chi connectivity index (χ0n) is 30.6. The summed E-state index contributed by atoms with van der Waals surface area (Å²) in [5.74, 6) is 0. The number of aryl methyl sites for hydroxylation is 2. The standard InChI is InChI=1S/2C12H14.2C3H9B.4C2H6/c2*1-3-10-5-6-11-8-9(2)4-7-12(10)11;2*1-4(2)3;4*1-2/h2*4-5,7-8H,3,6H2,1-2H3;2*1-3H3;4*1-2H3. The van der Waals surface area contributed by atoms with Gasteiger partial charge in [0.2, 0.25) is 0 Å². The summed E-state index contributed by atoms with van der Waals surface area (Å²) in [5.41, 5.74) is 11.7. The van der Waals surface area contributed by atoms with Crippen molar-refractivity contribution in [3.05, 3.63) is 81.9 Å². The van der Waals surface area contributed by atoms with Gasteiger partial charge in [0.1, 0.15) is 13.4 Å². The highest BCUT2D eigenvalue weighted by atomic mass is 14.2. The van der Waals surface area contributed by atoms with Crippen LogP contribution in [0.2, 0.25) is 40.9 Å². The van der Waals surface area contributed by atoms with Gasteiger partial charge in [0.15, 0.2) is 0 Å². The fraction of sp³-hybridized carbons (Fsp3) is 0.579. The molecule has 0 heterocycles. The van der Waals surface area contributed by atoms with Gasteiger partial charge in [0.25, 0.3) is 0 Å². The van der Waals surface area contributed by atoms with Gasteiger partial charge in [-0.1, -0.05) is 170 Å². The number of hydrogen-bond acceptors (Lipinski definition) is 0. The van der Waals surface area contributed by atoms with Crippen LogP contribution in [0.5, 0.6) is 0 Å². The van der Waals surface area contributed by atoms with E-state index in [2.05, 4.69) is 117 Å². The molecule has 0 aliphatic heterocycles. The third-order valence-corrected chi connectivity index (χ3v) is 5.11. The van der Waals surface area contributed by atoms with Gasteiger partial charge >= 0.3 is 0 Å². The zero-order valence-corrected chi connectivity index (χ0v) is 30.6. The van der Waals surface area contributed by atoms with Crippen LogP contribution in [0.1, 0.15) is 115 Å². The third kappa shape index (κ3) is 20.9. The molecule has 0 spiro atoms. The van der Waals surface area contributed by atoms with Crippen molar-refractivity contribution < 1.29 is 0 Å². The third-order valence-electron chi connectivity index (χ3n) is 5.11. The van der Waals surface area contributed by atoms with Crippen LogP contribution in [0.15, 0.2) is 48.6 Å². The Morgan fingerprint density at radius 2 is 0.750 bits per heavy atom. The molecular formula is C38H70B2. The Labute approximate surface area is 255 Å². The Hall–Kier alpha value is -1.95. The monoisotopic (exact) mass is 549 g/mol. The SMILES string of the molecule is CB(C)C.CB(C)C.CC.CC.CC.CC.CCC1=CCc2cc(C)ccc21.CCC1=CCc2cc(C)ccc21. The van der Waals surface area contributed by atoms with Gasteiger partial charge in [0, 0.05) is 0 Å². The van der Waals surface area contributed by atoms with Crippen molar-refractivity contribution in [2.75, 3.05) is 0 Å². The lowest BCUT2D eigenvalue weighted by Gasteiger charge is -2.03. The summed E-state index contributed by atoms with van der Waals surface area (Å²) < 4.78 is 0. The molecule has 228 valence electrons. The van der Waals surface area contributed by atoms with Crippen LogP contribution in [0, 0.1) is 13.8 Å². The molecule has 4 rings (SSSR count). The van der Waals surface area contributed by atoms with Gasteiger partial charge in [0.05, 0.1) is 0 Å². The second kappa shape index (κ2) is 30.0. The molecule has 40 heavy (non-hydrogen) atoms. The molecule has 0 saturated carbocycles. The van der Waals surface area contributed by atoms with Gasteiger partial charge in [-0.25, -0.2) is 0 Å². The van der Waals surface area contributed by atoms with E-state index in [9.17, 15) is 0 Å². The topological polar surface area (TPSA) is 0 Å². The van der Waals surface area contributed by atoms with Crippen molar-refractivity contribution in [2.24, 2.45) is 0 Å². The maximum absolute atomic E-state index is 2.35. The van der Waals surface area contributed by atoms with Crippen LogP contribution in [0.25, 0.3) is 11.1 Å². The molecule has 2 aromatic carbocycles.